The summed E-state index contributed by atoms with van der Waals surface area (Å²) in [5.41, 5.74) is 0. The van der Waals surface area contributed by atoms with Crippen LogP contribution in [0.5, 0.6) is 11.6 Å². The summed E-state index contributed by atoms with van der Waals surface area (Å²) in [5.74, 6) is 0.123. The molecule has 1 rings (SSSR count). The van der Waals surface area contributed by atoms with Crippen LogP contribution in [-0.4, -0.2) is 30.5 Å². The topological polar surface area (TPSA) is 84.0 Å². The van der Waals surface area contributed by atoms with Crippen molar-refractivity contribution in [3.8, 4) is 11.6 Å². The fourth-order valence-corrected chi connectivity index (χ4v) is 0.987. The van der Waals surface area contributed by atoms with Crippen LogP contribution in [-0.2, 0) is 9.47 Å². The SMILES string of the molecule is CCOC(=O)Oc1ccnc(OC(=O)OCC)c1. The second kappa shape index (κ2) is 7.10. The molecule has 0 radical (unpaired) electrons. The Balaban J connectivity index is 2.61. The fraction of sp³-hybridized carbons (Fsp3) is 0.364. The van der Waals surface area contributed by atoms with Gasteiger partial charge in [-0.05, 0) is 19.9 Å². The van der Waals surface area contributed by atoms with Gasteiger partial charge in [-0.3, -0.25) is 0 Å². The van der Waals surface area contributed by atoms with Crippen molar-refractivity contribution in [2.24, 2.45) is 0 Å². The van der Waals surface area contributed by atoms with Crippen molar-refractivity contribution < 1.29 is 28.5 Å². The first kappa shape index (κ1) is 13.8. The number of nitrogens with zero attached hydrogens (tertiary/aromatic N) is 1. The van der Waals surface area contributed by atoms with Crippen molar-refractivity contribution in [3.05, 3.63) is 18.3 Å². The highest BCUT2D eigenvalue weighted by Crippen LogP contribution is 2.17. The molecule has 0 aliphatic heterocycles. The molecule has 0 saturated carbocycles. The van der Waals surface area contributed by atoms with E-state index in [-0.39, 0.29) is 24.8 Å². The molecular formula is C11H13NO6. The van der Waals surface area contributed by atoms with Crippen LogP contribution in [0.3, 0.4) is 0 Å². The molecule has 0 aromatic carbocycles. The first-order chi connectivity index (χ1) is 8.65. The van der Waals surface area contributed by atoms with E-state index < -0.39 is 12.3 Å². The van der Waals surface area contributed by atoms with Crippen LogP contribution in [0.25, 0.3) is 0 Å². The number of hydrogen-bond acceptors (Lipinski definition) is 7. The van der Waals surface area contributed by atoms with Gasteiger partial charge in [0.25, 0.3) is 0 Å². The van der Waals surface area contributed by atoms with Crippen molar-refractivity contribution in [2.45, 2.75) is 13.8 Å². The lowest BCUT2D eigenvalue weighted by atomic mass is 10.4. The van der Waals surface area contributed by atoms with Crippen LogP contribution < -0.4 is 9.47 Å². The molecular weight excluding hydrogens is 242 g/mol. The third kappa shape index (κ3) is 4.69. The van der Waals surface area contributed by atoms with E-state index in [2.05, 4.69) is 14.5 Å². The monoisotopic (exact) mass is 255 g/mol. The summed E-state index contributed by atoms with van der Waals surface area (Å²) in [6.45, 7) is 3.70. The number of pyridine rings is 1. The number of carbonyl (C=O) groups is 2. The Labute approximate surface area is 104 Å². The van der Waals surface area contributed by atoms with Gasteiger partial charge in [0, 0.05) is 12.3 Å². The molecule has 0 unspecified atom stereocenters. The molecule has 7 nitrogen and oxygen atoms in total. The second-order valence-electron chi connectivity index (χ2n) is 2.90. The van der Waals surface area contributed by atoms with E-state index in [0.29, 0.717) is 0 Å². The smallest absolute Gasteiger partial charge is 0.434 e. The highest BCUT2D eigenvalue weighted by atomic mass is 16.7. The van der Waals surface area contributed by atoms with Crippen molar-refractivity contribution in [2.75, 3.05) is 13.2 Å². The van der Waals surface area contributed by atoms with Crippen LogP contribution in [0.1, 0.15) is 13.8 Å². The van der Waals surface area contributed by atoms with Gasteiger partial charge in [-0.1, -0.05) is 0 Å². The molecule has 1 heterocycles. The maximum absolute atomic E-state index is 11.1. The van der Waals surface area contributed by atoms with Crippen LogP contribution in [0.15, 0.2) is 18.3 Å². The van der Waals surface area contributed by atoms with E-state index in [9.17, 15) is 9.59 Å². The van der Waals surface area contributed by atoms with Gasteiger partial charge >= 0.3 is 12.3 Å². The lowest BCUT2D eigenvalue weighted by molar-refractivity contribution is 0.101. The van der Waals surface area contributed by atoms with E-state index in [1.807, 2.05) is 0 Å². The lowest BCUT2D eigenvalue weighted by Crippen LogP contribution is -2.12. The summed E-state index contributed by atoms with van der Waals surface area (Å²) in [6.07, 6.45) is -0.396. The zero-order valence-corrected chi connectivity index (χ0v) is 10.0. The van der Waals surface area contributed by atoms with Gasteiger partial charge < -0.3 is 18.9 Å². The lowest BCUT2D eigenvalue weighted by Gasteiger charge is -2.06. The first-order valence-corrected chi connectivity index (χ1v) is 5.31. The minimum Gasteiger partial charge on any atom is -0.434 e. The van der Waals surface area contributed by atoms with E-state index in [1.54, 1.807) is 13.8 Å². The molecule has 0 bridgehead atoms. The van der Waals surface area contributed by atoms with E-state index in [0.717, 1.165) is 0 Å². The standard InChI is InChI=1S/C11H13NO6/c1-3-15-10(13)17-8-5-6-12-9(7-8)18-11(14)16-4-2/h5-7H,3-4H2,1-2H3. The fourth-order valence-electron chi connectivity index (χ4n) is 0.987. The summed E-state index contributed by atoms with van der Waals surface area (Å²) < 4.78 is 18.7. The summed E-state index contributed by atoms with van der Waals surface area (Å²) >= 11 is 0. The number of ether oxygens (including phenoxy) is 4. The predicted molar refractivity (Wildman–Crippen MR) is 59.5 cm³/mol. The molecule has 1 aromatic heterocycles. The predicted octanol–water partition coefficient (Wildman–Crippen LogP) is 2.15. The quantitative estimate of drug-likeness (QED) is 0.762. The third-order valence-electron chi connectivity index (χ3n) is 1.62. The molecule has 1 aromatic rings. The molecule has 0 saturated heterocycles. The summed E-state index contributed by atoms with van der Waals surface area (Å²) in [6, 6.07) is 2.70. The van der Waals surface area contributed by atoms with Gasteiger partial charge in [0.05, 0.1) is 13.2 Å². The molecule has 0 aliphatic carbocycles. The highest BCUT2D eigenvalue weighted by molar-refractivity contribution is 5.65. The van der Waals surface area contributed by atoms with Crippen molar-refractivity contribution in [1.29, 1.82) is 0 Å². The van der Waals surface area contributed by atoms with Gasteiger partial charge in [-0.2, -0.15) is 0 Å². The molecule has 0 N–H and O–H groups in total. The minimum atomic E-state index is -0.877. The summed E-state index contributed by atoms with van der Waals surface area (Å²) in [5, 5.41) is 0. The Kier molecular flexibility index (Phi) is 5.43. The van der Waals surface area contributed by atoms with Gasteiger partial charge in [-0.15, -0.1) is 0 Å². The van der Waals surface area contributed by atoms with E-state index in [4.69, 9.17) is 9.47 Å². The zero-order valence-electron chi connectivity index (χ0n) is 10.0. The average molecular weight is 255 g/mol. The molecule has 0 fully saturated rings. The maximum Gasteiger partial charge on any atom is 0.515 e. The normalized spacial score (nSPS) is 9.44. The summed E-state index contributed by atoms with van der Waals surface area (Å²) in [4.78, 5) is 25.8. The Morgan fingerprint density at radius 1 is 1.11 bits per heavy atom. The molecule has 0 amide bonds. The molecule has 98 valence electrons. The van der Waals surface area contributed by atoms with Gasteiger partial charge in [0.2, 0.25) is 5.88 Å². The summed E-state index contributed by atoms with van der Waals surface area (Å²) in [7, 11) is 0. The van der Waals surface area contributed by atoms with Gasteiger partial charge in [-0.25, -0.2) is 14.6 Å². The second-order valence-corrected chi connectivity index (χ2v) is 2.90. The van der Waals surface area contributed by atoms with Gasteiger partial charge in [0.15, 0.2) is 0 Å². The van der Waals surface area contributed by atoms with Crippen molar-refractivity contribution in [1.82, 2.24) is 4.98 Å². The molecule has 18 heavy (non-hydrogen) atoms. The maximum atomic E-state index is 11.1. The van der Waals surface area contributed by atoms with Crippen LogP contribution in [0.4, 0.5) is 9.59 Å². The Morgan fingerprint density at radius 2 is 1.72 bits per heavy atom. The molecule has 0 spiro atoms. The molecule has 0 atom stereocenters. The number of carbonyl (C=O) groups excluding carboxylic acids is 2. The Hall–Kier alpha value is -2.31. The van der Waals surface area contributed by atoms with E-state index >= 15 is 0 Å². The first-order valence-electron chi connectivity index (χ1n) is 5.31. The van der Waals surface area contributed by atoms with E-state index in [1.165, 1.54) is 18.3 Å². The number of hydrogen-bond donors (Lipinski definition) is 0. The van der Waals surface area contributed by atoms with Crippen LogP contribution >= 0.6 is 0 Å². The van der Waals surface area contributed by atoms with Gasteiger partial charge in [0.1, 0.15) is 5.75 Å². The minimum absolute atomic E-state index is 0.0322. The highest BCUT2D eigenvalue weighted by Gasteiger charge is 2.09. The molecule has 0 aliphatic rings. The molecule has 7 heteroatoms. The van der Waals surface area contributed by atoms with Crippen molar-refractivity contribution in [3.63, 3.8) is 0 Å². The van der Waals surface area contributed by atoms with Crippen molar-refractivity contribution >= 4 is 12.3 Å². The number of aromatic nitrogens is 1. The Morgan fingerprint density at radius 3 is 2.33 bits per heavy atom. The number of rotatable bonds is 4. The Bertz CT molecular complexity index is 384. The average Bonchev–Trinajstić information content (AvgIpc) is 2.29. The van der Waals surface area contributed by atoms with Crippen LogP contribution in [0, 0.1) is 0 Å². The van der Waals surface area contributed by atoms with Crippen LogP contribution in [0.2, 0.25) is 0 Å². The zero-order chi connectivity index (χ0) is 13.4. The largest absolute Gasteiger partial charge is 0.515 e. The third-order valence-corrected chi connectivity index (χ3v) is 1.62.